The average Bonchev–Trinajstić information content (AvgIpc) is 3.65. The largest absolute Gasteiger partial charge is 0.361 e. The fourth-order valence-electron chi connectivity index (χ4n) is 5.90. The number of amides is 1. The van der Waals surface area contributed by atoms with E-state index in [4.69, 9.17) is 21.1 Å². The highest BCUT2D eigenvalue weighted by Crippen LogP contribution is 2.42. The lowest BCUT2D eigenvalue weighted by Crippen LogP contribution is -2.31. The normalized spacial score (nSPS) is 20.5. The Kier molecular flexibility index (Phi) is 6.28. The maximum Gasteiger partial charge on any atom is 0.227 e. The van der Waals surface area contributed by atoms with Gasteiger partial charge in [0, 0.05) is 30.8 Å². The van der Waals surface area contributed by atoms with Gasteiger partial charge < -0.3 is 14.0 Å². The van der Waals surface area contributed by atoms with Gasteiger partial charge in [-0.1, -0.05) is 22.8 Å². The van der Waals surface area contributed by atoms with Crippen LogP contribution in [0.1, 0.15) is 48.6 Å². The van der Waals surface area contributed by atoms with Crippen molar-refractivity contribution in [2.45, 2.75) is 45.2 Å². The Bertz CT molecular complexity index is 1710. The number of rotatable bonds is 5. The minimum atomic E-state index is -3.37. The second-order valence-corrected chi connectivity index (χ2v) is 12.6. The van der Waals surface area contributed by atoms with Crippen molar-refractivity contribution in [1.82, 2.24) is 19.0 Å². The van der Waals surface area contributed by atoms with E-state index in [1.54, 1.807) is 11.0 Å². The minimum Gasteiger partial charge on any atom is -0.361 e. The lowest BCUT2D eigenvalue weighted by Gasteiger charge is -2.27. The summed E-state index contributed by atoms with van der Waals surface area (Å²) >= 11 is 5.91. The molecular formula is C27H27ClFN5O4S. The molecule has 204 valence electrons. The van der Waals surface area contributed by atoms with Crippen LogP contribution in [0.2, 0.25) is 5.02 Å². The molecule has 0 bridgehead atoms. The number of fused-ring (bicyclic) bond motifs is 1. The maximum absolute atomic E-state index is 14.4. The van der Waals surface area contributed by atoms with Crippen LogP contribution >= 0.6 is 11.6 Å². The quantitative estimate of drug-likeness (QED) is 0.327. The van der Waals surface area contributed by atoms with Crippen molar-refractivity contribution in [3.8, 4) is 11.1 Å². The van der Waals surface area contributed by atoms with Crippen molar-refractivity contribution in [2.24, 2.45) is 0 Å². The summed E-state index contributed by atoms with van der Waals surface area (Å²) < 4.78 is 48.0. The van der Waals surface area contributed by atoms with Gasteiger partial charge in [-0.3, -0.25) is 4.79 Å². The number of hydrogen-bond donors (Lipinski definition) is 0. The van der Waals surface area contributed by atoms with Crippen LogP contribution in [0.4, 0.5) is 10.1 Å². The van der Waals surface area contributed by atoms with Crippen LogP contribution in [-0.2, 0) is 14.8 Å². The Morgan fingerprint density at radius 2 is 1.92 bits per heavy atom. The number of nitrogens with zero attached hydrogens (tertiary/aromatic N) is 5. The van der Waals surface area contributed by atoms with E-state index in [1.165, 1.54) is 22.7 Å². The number of anilines is 1. The molecule has 1 amide bonds. The third-order valence-electron chi connectivity index (χ3n) is 7.69. The van der Waals surface area contributed by atoms with E-state index in [-0.39, 0.29) is 23.4 Å². The maximum atomic E-state index is 14.4. The Balaban J connectivity index is 1.51. The SMILES string of the molecule is Cc1noc(C)c1-c1ccc2c(c1)nc([C@@H]1CCC(=O)N1c1ccc(Cl)c(F)c1)n2[C@@H]1CCN(S(C)(=O)=O)C1. The van der Waals surface area contributed by atoms with E-state index in [0.717, 1.165) is 22.3 Å². The van der Waals surface area contributed by atoms with Gasteiger partial charge in [-0.2, -0.15) is 0 Å². The van der Waals surface area contributed by atoms with Gasteiger partial charge in [-0.25, -0.2) is 22.1 Å². The highest BCUT2D eigenvalue weighted by atomic mass is 35.5. The summed E-state index contributed by atoms with van der Waals surface area (Å²) in [6.07, 6.45) is 2.59. The summed E-state index contributed by atoms with van der Waals surface area (Å²) in [4.78, 5) is 19.7. The summed E-state index contributed by atoms with van der Waals surface area (Å²) in [5.74, 6) is 0.594. The second-order valence-electron chi connectivity index (χ2n) is 10.2. The molecule has 0 saturated carbocycles. The number of imidazole rings is 1. The molecule has 2 aliphatic rings. The van der Waals surface area contributed by atoms with Crippen LogP contribution in [0.25, 0.3) is 22.2 Å². The lowest BCUT2D eigenvalue weighted by atomic mass is 10.0. The van der Waals surface area contributed by atoms with Gasteiger partial charge >= 0.3 is 0 Å². The molecule has 2 aromatic carbocycles. The Labute approximate surface area is 230 Å². The van der Waals surface area contributed by atoms with E-state index in [0.29, 0.717) is 48.7 Å². The predicted molar refractivity (Wildman–Crippen MR) is 146 cm³/mol. The first kappa shape index (κ1) is 26.0. The number of benzene rings is 2. The molecule has 9 nitrogen and oxygen atoms in total. The lowest BCUT2D eigenvalue weighted by molar-refractivity contribution is -0.117. The molecule has 0 radical (unpaired) electrons. The summed E-state index contributed by atoms with van der Waals surface area (Å²) in [5.41, 5.74) is 4.51. The van der Waals surface area contributed by atoms with Gasteiger partial charge in [0.1, 0.15) is 17.4 Å². The molecule has 0 unspecified atom stereocenters. The highest BCUT2D eigenvalue weighted by molar-refractivity contribution is 7.88. The molecule has 0 N–H and O–H groups in total. The van der Waals surface area contributed by atoms with Crippen LogP contribution in [-0.4, -0.2) is 52.7 Å². The topological polar surface area (TPSA) is 102 Å². The molecule has 0 spiro atoms. The zero-order valence-corrected chi connectivity index (χ0v) is 23.3. The highest BCUT2D eigenvalue weighted by Gasteiger charge is 2.40. The number of sulfonamides is 1. The van der Waals surface area contributed by atoms with E-state index in [1.807, 2.05) is 32.0 Å². The summed E-state index contributed by atoms with van der Waals surface area (Å²) in [6.45, 7) is 4.44. The summed E-state index contributed by atoms with van der Waals surface area (Å²) in [6, 6.07) is 9.62. The number of hydrogen-bond acceptors (Lipinski definition) is 6. The smallest absolute Gasteiger partial charge is 0.227 e. The number of carbonyl (C=O) groups is 1. The average molecular weight is 572 g/mol. The fourth-order valence-corrected chi connectivity index (χ4v) is 6.89. The number of carbonyl (C=O) groups excluding carboxylic acids is 1. The second kappa shape index (κ2) is 9.42. The molecule has 6 rings (SSSR count). The molecule has 2 saturated heterocycles. The first-order valence-electron chi connectivity index (χ1n) is 12.7. The molecule has 2 atom stereocenters. The fraction of sp³-hybridized carbons (Fsp3) is 0.370. The van der Waals surface area contributed by atoms with Crippen LogP contribution in [0.5, 0.6) is 0 Å². The third-order valence-corrected chi connectivity index (χ3v) is 9.27. The Morgan fingerprint density at radius 3 is 2.59 bits per heavy atom. The van der Waals surface area contributed by atoms with Crippen LogP contribution in [0.3, 0.4) is 0 Å². The molecule has 2 fully saturated rings. The van der Waals surface area contributed by atoms with Crippen molar-refractivity contribution in [2.75, 3.05) is 24.2 Å². The summed E-state index contributed by atoms with van der Waals surface area (Å²) in [5, 5.41) is 4.05. The van der Waals surface area contributed by atoms with Gasteiger partial charge in [-0.05, 0) is 62.6 Å². The molecule has 2 aliphatic heterocycles. The van der Waals surface area contributed by atoms with Crippen LogP contribution in [0.15, 0.2) is 40.9 Å². The van der Waals surface area contributed by atoms with Crippen molar-refractivity contribution < 1.29 is 22.1 Å². The van der Waals surface area contributed by atoms with Gasteiger partial charge in [0.05, 0.1) is 40.1 Å². The van der Waals surface area contributed by atoms with Gasteiger partial charge in [-0.15, -0.1) is 0 Å². The Hall–Kier alpha value is -3.28. The zero-order valence-electron chi connectivity index (χ0n) is 21.7. The van der Waals surface area contributed by atoms with Crippen LogP contribution < -0.4 is 4.90 Å². The van der Waals surface area contributed by atoms with Crippen molar-refractivity contribution >= 4 is 44.3 Å². The number of aryl methyl sites for hydroxylation is 2. The minimum absolute atomic E-state index is 0.0205. The molecule has 4 aromatic rings. The van der Waals surface area contributed by atoms with Gasteiger partial charge in [0.25, 0.3) is 0 Å². The molecule has 0 aliphatic carbocycles. The summed E-state index contributed by atoms with van der Waals surface area (Å²) in [7, 11) is -3.37. The van der Waals surface area contributed by atoms with Crippen LogP contribution in [0, 0.1) is 19.7 Å². The number of aromatic nitrogens is 3. The third kappa shape index (κ3) is 4.42. The van der Waals surface area contributed by atoms with E-state index >= 15 is 0 Å². The first-order chi connectivity index (χ1) is 18.5. The van der Waals surface area contributed by atoms with E-state index in [2.05, 4.69) is 9.72 Å². The first-order valence-corrected chi connectivity index (χ1v) is 14.9. The molecule has 39 heavy (non-hydrogen) atoms. The Morgan fingerprint density at radius 1 is 1.13 bits per heavy atom. The molecular weight excluding hydrogens is 545 g/mol. The monoisotopic (exact) mass is 571 g/mol. The van der Waals surface area contributed by atoms with E-state index in [9.17, 15) is 17.6 Å². The molecule has 4 heterocycles. The van der Waals surface area contributed by atoms with Gasteiger partial charge in [0.15, 0.2) is 0 Å². The zero-order chi connectivity index (χ0) is 27.6. The van der Waals surface area contributed by atoms with Crippen molar-refractivity contribution in [1.29, 1.82) is 0 Å². The molecule has 12 heteroatoms. The number of halogens is 2. The van der Waals surface area contributed by atoms with E-state index < -0.39 is 21.9 Å². The molecule has 2 aromatic heterocycles. The van der Waals surface area contributed by atoms with Gasteiger partial charge in [0.2, 0.25) is 15.9 Å². The predicted octanol–water partition coefficient (Wildman–Crippen LogP) is 5.18. The van der Waals surface area contributed by atoms with Crippen molar-refractivity contribution in [3.63, 3.8) is 0 Å². The standard InChI is InChI=1S/C27H27ClFN5O4S/c1-15-26(16(2)38-31-15)17-4-7-23-22(12-17)30-27(34(23)19-10-11-32(14-19)39(3,36)37)24-8-9-25(35)33(24)18-5-6-20(28)21(29)13-18/h4-7,12-13,19,24H,8-11,14H2,1-3H3/t19-,24+/m1/s1. The van der Waals surface area contributed by atoms with Crippen molar-refractivity contribution in [3.05, 3.63) is 64.5 Å².